The number of halogens is 2. The highest BCUT2D eigenvalue weighted by Gasteiger charge is 2.35. The quantitative estimate of drug-likeness (QED) is 0.303. The predicted octanol–water partition coefficient (Wildman–Crippen LogP) is 6.97. The molecule has 1 heterocycles. The number of ether oxygens (including phenoxy) is 1. The van der Waals surface area contributed by atoms with Gasteiger partial charge in [0, 0.05) is 9.50 Å². The van der Waals surface area contributed by atoms with Crippen molar-refractivity contribution in [3.05, 3.63) is 97.3 Å². The van der Waals surface area contributed by atoms with E-state index in [-0.39, 0.29) is 30.2 Å². The summed E-state index contributed by atoms with van der Waals surface area (Å²) in [5.41, 5.74) is 4.40. The van der Waals surface area contributed by atoms with Gasteiger partial charge in [-0.3, -0.25) is 19.3 Å². The maximum atomic E-state index is 12.8. The Morgan fingerprint density at radius 1 is 1.08 bits per heavy atom. The topological polar surface area (TPSA) is 75.7 Å². The number of aryl methyl sites for hydroxylation is 2. The summed E-state index contributed by atoms with van der Waals surface area (Å²) in [5, 5.41) is 3.06. The molecule has 0 aromatic heterocycles. The monoisotopic (exact) mass is 584 g/mol. The van der Waals surface area contributed by atoms with Crippen molar-refractivity contribution in [3.63, 3.8) is 0 Å². The van der Waals surface area contributed by atoms with Crippen molar-refractivity contribution in [1.29, 1.82) is 0 Å². The van der Waals surface area contributed by atoms with Crippen molar-refractivity contribution in [2.45, 2.75) is 20.4 Å². The highest BCUT2D eigenvalue weighted by atomic mass is 79.9. The van der Waals surface area contributed by atoms with Gasteiger partial charge in [0.2, 0.25) is 0 Å². The molecule has 0 atom stereocenters. The van der Waals surface area contributed by atoms with Crippen LogP contribution >= 0.6 is 39.3 Å². The van der Waals surface area contributed by atoms with Crippen LogP contribution in [0.1, 0.15) is 22.3 Å². The molecule has 0 bridgehead atoms. The summed E-state index contributed by atoms with van der Waals surface area (Å²) in [6, 6.07) is 17.9. The van der Waals surface area contributed by atoms with E-state index in [1.54, 1.807) is 48.5 Å². The number of hydrogen-bond acceptors (Lipinski definition) is 5. The van der Waals surface area contributed by atoms with Gasteiger partial charge in [0.15, 0.2) is 6.61 Å². The van der Waals surface area contributed by atoms with Crippen LogP contribution < -0.4 is 10.1 Å². The lowest BCUT2D eigenvalue weighted by Gasteiger charge is -2.12. The van der Waals surface area contributed by atoms with Gasteiger partial charge in [-0.25, -0.2) is 0 Å². The van der Waals surface area contributed by atoms with Gasteiger partial charge in [-0.1, -0.05) is 35.9 Å². The zero-order chi connectivity index (χ0) is 25.8. The first-order valence-corrected chi connectivity index (χ1v) is 13.0. The highest BCUT2D eigenvalue weighted by Crippen LogP contribution is 2.34. The van der Waals surface area contributed by atoms with E-state index >= 15 is 0 Å². The Hall–Kier alpha value is -3.07. The first-order valence-electron chi connectivity index (χ1n) is 11.0. The summed E-state index contributed by atoms with van der Waals surface area (Å²) in [5.74, 6) is -0.119. The average Bonchev–Trinajstić information content (AvgIpc) is 3.09. The maximum Gasteiger partial charge on any atom is 0.293 e. The largest absolute Gasteiger partial charge is 0.484 e. The molecule has 1 saturated heterocycles. The molecule has 3 aromatic rings. The van der Waals surface area contributed by atoms with E-state index in [4.69, 9.17) is 16.3 Å². The summed E-state index contributed by atoms with van der Waals surface area (Å²) in [6.45, 7) is 4.00. The van der Waals surface area contributed by atoms with Gasteiger partial charge in [-0.15, -0.1) is 0 Å². The van der Waals surface area contributed by atoms with Gasteiger partial charge in [-0.2, -0.15) is 0 Å². The molecule has 3 amide bonds. The Morgan fingerprint density at radius 3 is 2.53 bits per heavy atom. The van der Waals surface area contributed by atoms with Crippen LogP contribution in [0, 0.1) is 13.8 Å². The van der Waals surface area contributed by atoms with E-state index in [9.17, 15) is 14.4 Å². The van der Waals surface area contributed by atoms with Gasteiger partial charge >= 0.3 is 0 Å². The molecule has 1 fully saturated rings. The molecule has 1 N–H and O–H groups in total. The molecule has 0 radical (unpaired) electrons. The van der Waals surface area contributed by atoms with E-state index < -0.39 is 0 Å². The van der Waals surface area contributed by atoms with Crippen LogP contribution in [0.5, 0.6) is 5.75 Å². The van der Waals surface area contributed by atoms with Crippen molar-refractivity contribution in [2.24, 2.45) is 0 Å². The number of thioether (sulfide) groups is 1. The van der Waals surface area contributed by atoms with Crippen LogP contribution in [0.4, 0.5) is 10.5 Å². The second kappa shape index (κ2) is 11.3. The Kier molecular flexibility index (Phi) is 8.18. The molecule has 3 aromatic carbocycles. The lowest BCUT2D eigenvalue weighted by atomic mass is 10.1. The number of rotatable bonds is 7. The molecular formula is C27H22BrClN2O4S. The number of anilines is 1. The number of carbonyl (C=O) groups is 3. The average molecular weight is 586 g/mol. The van der Waals surface area contributed by atoms with E-state index in [0.29, 0.717) is 21.4 Å². The molecule has 0 saturated carbocycles. The van der Waals surface area contributed by atoms with E-state index in [2.05, 4.69) is 21.2 Å². The zero-order valence-electron chi connectivity index (χ0n) is 19.5. The van der Waals surface area contributed by atoms with Crippen molar-refractivity contribution in [3.8, 4) is 5.75 Å². The van der Waals surface area contributed by atoms with Crippen LogP contribution in [0.25, 0.3) is 6.08 Å². The summed E-state index contributed by atoms with van der Waals surface area (Å²) < 4.78 is 6.40. The second-order valence-electron chi connectivity index (χ2n) is 8.22. The molecule has 4 rings (SSSR count). The summed E-state index contributed by atoms with van der Waals surface area (Å²) in [7, 11) is 0. The van der Waals surface area contributed by atoms with Gasteiger partial charge in [0.05, 0.1) is 17.1 Å². The van der Waals surface area contributed by atoms with E-state index in [1.807, 2.05) is 32.0 Å². The molecule has 36 heavy (non-hydrogen) atoms. The third kappa shape index (κ3) is 6.37. The molecular weight excluding hydrogens is 564 g/mol. The summed E-state index contributed by atoms with van der Waals surface area (Å²) in [6.07, 6.45) is 1.66. The smallest absolute Gasteiger partial charge is 0.293 e. The lowest BCUT2D eigenvalue weighted by molar-refractivity contribution is -0.123. The number of amides is 3. The third-order valence-corrected chi connectivity index (χ3v) is 7.31. The van der Waals surface area contributed by atoms with Gasteiger partial charge in [0.25, 0.3) is 17.1 Å². The number of carbonyl (C=O) groups excluding carboxylic acids is 3. The number of benzene rings is 3. The molecule has 1 aliphatic rings. The van der Waals surface area contributed by atoms with Gasteiger partial charge in [0.1, 0.15) is 5.75 Å². The van der Waals surface area contributed by atoms with Crippen LogP contribution in [-0.4, -0.2) is 28.6 Å². The fourth-order valence-electron chi connectivity index (χ4n) is 3.48. The number of nitrogens with one attached hydrogen (secondary N) is 1. The summed E-state index contributed by atoms with van der Waals surface area (Å²) in [4.78, 5) is 39.0. The third-order valence-electron chi connectivity index (χ3n) is 5.51. The normalized spacial score (nSPS) is 14.4. The lowest BCUT2D eigenvalue weighted by Crippen LogP contribution is -2.27. The minimum Gasteiger partial charge on any atom is -0.484 e. The minimum atomic E-state index is -0.348. The number of hydrogen-bond donors (Lipinski definition) is 1. The van der Waals surface area contributed by atoms with Crippen molar-refractivity contribution in [2.75, 3.05) is 11.9 Å². The molecule has 184 valence electrons. The molecule has 0 spiro atoms. The second-order valence-corrected chi connectivity index (χ2v) is 10.5. The number of imide groups is 1. The van der Waals surface area contributed by atoms with E-state index in [1.165, 1.54) is 4.90 Å². The molecule has 6 nitrogen and oxygen atoms in total. The Labute approximate surface area is 226 Å². The SMILES string of the molecule is Cc1cc(Br)c(NC(=O)COc2ccc(/C=C3\SC(=O)N(Cc4cccc(Cl)c4)C3=O)cc2)cc1C. The minimum absolute atomic E-state index is 0.152. The fourth-order valence-corrected chi connectivity index (χ4v) is 5.09. The Bertz CT molecular complexity index is 1370. The van der Waals surface area contributed by atoms with Crippen molar-refractivity contribution in [1.82, 2.24) is 4.90 Å². The van der Waals surface area contributed by atoms with Crippen LogP contribution in [-0.2, 0) is 16.1 Å². The first-order chi connectivity index (χ1) is 17.2. The Balaban J connectivity index is 1.34. The molecule has 0 aliphatic carbocycles. The molecule has 1 aliphatic heterocycles. The van der Waals surface area contributed by atoms with Gasteiger partial charge < -0.3 is 10.1 Å². The maximum absolute atomic E-state index is 12.8. The van der Waals surface area contributed by atoms with Crippen LogP contribution in [0.2, 0.25) is 5.02 Å². The fraction of sp³-hybridized carbons (Fsp3) is 0.148. The van der Waals surface area contributed by atoms with Crippen LogP contribution in [0.15, 0.2) is 70.0 Å². The summed E-state index contributed by atoms with van der Waals surface area (Å²) >= 11 is 10.4. The first kappa shape index (κ1) is 26.0. The zero-order valence-corrected chi connectivity index (χ0v) is 22.7. The predicted molar refractivity (Wildman–Crippen MR) is 147 cm³/mol. The van der Waals surface area contributed by atoms with E-state index in [0.717, 1.165) is 38.5 Å². The molecule has 0 unspecified atom stereocenters. The molecule has 9 heteroatoms. The Morgan fingerprint density at radius 2 is 1.81 bits per heavy atom. The number of nitrogens with zero attached hydrogens (tertiary/aromatic N) is 1. The van der Waals surface area contributed by atoms with Crippen LogP contribution in [0.3, 0.4) is 0 Å². The highest BCUT2D eigenvalue weighted by molar-refractivity contribution is 9.10. The van der Waals surface area contributed by atoms with Gasteiger partial charge in [-0.05, 0) is 106 Å². The standard InChI is InChI=1S/C27H22BrClN2O4S/c1-16-10-22(28)23(11-17(16)2)30-25(32)15-35-21-8-6-18(7-9-21)13-24-26(33)31(27(34)36-24)14-19-4-3-5-20(29)12-19/h3-13H,14-15H2,1-2H3,(H,30,32)/b24-13-. The van der Waals surface area contributed by atoms with Crippen molar-refractivity contribution < 1.29 is 19.1 Å². The van der Waals surface area contributed by atoms with Crippen molar-refractivity contribution >= 4 is 68.1 Å².